The van der Waals surface area contributed by atoms with Crippen molar-refractivity contribution in [3.8, 4) is 11.1 Å². The molecule has 1 saturated heterocycles. The van der Waals surface area contributed by atoms with Gasteiger partial charge in [-0.05, 0) is 41.0 Å². The van der Waals surface area contributed by atoms with Crippen molar-refractivity contribution in [2.45, 2.75) is 31.7 Å². The molecule has 0 aromatic heterocycles. The summed E-state index contributed by atoms with van der Waals surface area (Å²) in [7, 11) is 0. The van der Waals surface area contributed by atoms with Crippen molar-refractivity contribution in [2.24, 2.45) is 11.8 Å². The first kappa shape index (κ1) is 23.5. The number of carbonyl (C=O) groups excluding carboxylic acids is 2. The van der Waals surface area contributed by atoms with Gasteiger partial charge in [-0.15, -0.1) is 6.58 Å². The summed E-state index contributed by atoms with van der Waals surface area (Å²) in [5.74, 6) is -2.01. The molecule has 2 aromatic carbocycles. The van der Waals surface area contributed by atoms with Crippen molar-refractivity contribution in [2.75, 3.05) is 19.7 Å². The Morgan fingerprint density at radius 2 is 1.74 bits per heavy atom. The minimum atomic E-state index is -0.907. The normalized spacial score (nSPS) is 19.7. The number of amides is 2. The zero-order valence-corrected chi connectivity index (χ0v) is 19.3. The van der Waals surface area contributed by atoms with Gasteiger partial charge in [-0.3, -0.25) is 9.59 Å². The number of aliphatic carboxylic acids is 1. The smallest absolute Gasteiger partial charge is 0.407 e. The topological polar surface area (TPSA) is 95.9 Å². The van der Waals surface area contributed by atoms with Crippen molar-refractivity contribution in [3.05, 3.63) is 72.3 Å². The van der Waals surface area contributed by atoms with Crippen molar-refractivity contribution in [1.29, 1.82) is 0 Å². The zero-order valence-electron chi connectivity index (χ0n) is 19.3. The highest BCUT2D eigenvalue weighted by Crippen LogP contribution is 2.44. The molecule has 1 fully saturated rings. The summed E-state index contributed by atoms with van der Waals surface area (Å²) >= 11 is 0. The lowest BCUT2D eigenvalue weighted by Crippen LogP contribution is -2.48. The first-order chi connectivity index (χ1) is 16.4. The number of benzene rings is 2. The van der Waals surface area contributed by atoms with Crippen LogP contribution >= 0.6 is 0 Å². The number of nitrogens with zero attached hydrogens (tertiary/aromatic N) is 1. The van der Waals surface area contributed by atoms with E-state index in [1.807, 2.05) is 43.3 Å². The van der Waals surface area contributed by atoms with Gasteiger partial charge in [-0.1, -0.05) is 61.5 Å². The molecule has 0 saturated carbocycles. The molecule has 178 valence electrons. The van der Waals surface area contributed by atoms with E-state index >= 15 is 0 Å². The van der Waals surface area contributed by atoms with Gasteiger partial charge >= 0.3 is 12.1 Å². The van der Waals surface area contributed by atoms with Gasteiger partial charge < -0.3 is 20.1 Å². The van der Waals surface area contributed by atoms with Crippen molar-refractivity contribution >= 4 is 18.0 Å². The maximum absolute atomic E-state index is 13.1. The number of fused-ring (bicyclic) bond motifs is 3. The number of carboxylic acids is 1. The van der Waals surface area contributed by atoms with Crippen LogP contribution in [0.25, 0.3) is 11.1 Å². The van der Waals surface area contributed by atoms with Crippen LogP contribution in [0.2, 0.25) is 0 Å². The predicted octanol–water partition coefficient (Wildman–Crippen LogP) is 4.04. The quantitative estimate of drug-likeness (QED) is 0.578. The lowest BCUT2D eigenvalue weighted by atomic mass is 9.98. The lowest BCUT2D eigenvalue weighted by molar-refractivity contribution is -0.142. The van der Waals surface area contributed by atoms with E-state index in [0.29, 0.717) is 19.4 Å². The molecule has 2 aliphatic rings. The van der Waals surface area contributed by atoms with Crippen LogP contribution < -0.4 is 5.32 Å². The van der Waals surface area contributed by atoms with Gasteiger partial charge in [0.1, 0.15) is 12.6 Å². The summed E-state index contributed by atoms with van der Waals surface area (Å²) in [6, 6.07) is 15.4. The summed E-state index contributed by atoms with van der Waals surface area (Å²) in [5.41, 5.74) is 4.51. The fourth-order valence-electron chi connectivity index (χ4n) is 5.01. The van der Waals surface area contributed by atoms with Crippen molar-refractivity contribution < 1.29 is 24.2 Å². The number of hydrogen-bond acceptors (Lipinski definition) is 4. The first-order valence-corrected chi connectivity index (χ1v) is 11.6. The molecular formula is C27H30N2O5. The van der Waals surface area contributed by atoms with Gasteiger partial charge in [-0.2, -0.15) is 0 Å². The Morgan fingerprint density at radius 1 is 1.12 bits per heavy atom. The molecule has 1 aliphatic carbocycles. The molecule has 1 unspecified atom stereocenters. The third-order valence-electron chi connectivity index (χ3n) is 6.83. The molecule has 0 radical (unpaired) electrons. The second-order valence-electron chi connectivity index (χ2n) is 9.05. The largest absolute Gasteiger partial charge is 0.481 e. The Morgan fingerprint density at radius 3 is 2.29 bits per heavy atom. The van der Waals surface area contributed by atoms with E-state index in [4.69, 9.17) is 4.74 Å². The molecule has 34 heavy (non-hydrogen) atoms. The highest BCUT2D eigenvalue weighted by Gasteiger charge is 2.39. The average molecular weight is 463 g/mol. The molecule has 2 amide bonds. The van der Waals surface area contributed by atoms with Crippen LogP contribution in [-0.2, 0) is 14.3 Å². The number of allylic oxidation sites excluding steroid dienone is 1. The fourth-order valence-corrected chi connectivity index (χ4v) is 5.01. The molecule has 2 aromatic rings. The first-order valence-electron chi connectivity index (χ1n) is 11.6. The molecule has 1 heterocycles. The maximum atomic E-state index is 13.1. The molecule has 3 atom stereocenters. The molecule has 2 N–H and O–H groups in total. The van der Waals surface area contributed by atoms with Crippen molar-refractivity contribution in [1.82, 2.24) is 10.2 Å². The van der Waals surface area contributed by atoms with Crippen LogP contribution in [0.5, 0.6) is 0 Å². The number of likely N-dealkylation sites (tertiary alicyclic amines) is 1. The third-order valence-corrected chi connectivity index (χ3v) is 6.83. The van der Waals surface area contributed by atoms with E-state index in [9.17, 15) is 19.5 Å². The summed E-state index contributed by atoms with van der Waals surface area (Å²) in [5, 5.41) is 12.1. The summed E-state index contributed by atoms with van der Waals surface area (Å²) in [6.07, 6.45) is 1.93. The number of carbonyl (C=O) groups is 3. The SMILES string of the molecule is C=CCCC(NC(=O)OCC1c2ccccc2-c2ccccc21)C(=O)N1C[C@@H](C)[C@H](C(=O)O)C1. The standard InChI is InChI=1S/C27H30N2O5/c1-3-4-13-24(25(30)29-14-17(2)22(15-29)26(31)32)28-27(33)34-16-23-20-11-7-5-9-18(20)19-10-6-8-12-21(19)23/h3,5-12,17,22-24H,1,4,13-16H2,2H3,(H,28,33)(H,31,32)/t17-,22-,24?/m1/s1. The van der Waals surface area contributed by atoms with Crippen LogP contribution in [0.3, 0.4) is 0 Å². The van der Waals surface area contributed by atoms with Gasteiger partial charge in [-0.25, -0.2) is 4.79 Å². The highest BCUT2D eigenvalue weighted by atomic mass is 16.5. The number of hydrogen-bond donors (Lipinski definition) is 2. The summed E-state index contributed by atoms with van der Waals surface area (Å²) in [6.45, 7) is 6.18. The number of nitrogens with one attached hydrogen (secondary N) is 1. The van der Waals surface area contributed by atoms with Gasteiger partial charge in [0.25, 0.3) is 0 Å². The fraction of sp³-hybridized carbons (Fsp3) is 0.370. The Bertz CT molecular complexity index is 1050. The molecule has 7 nitrogen and oxygen atoms in total. The summed E-state index contributed by atoms with van der Waals surface area (Å²) < 4.78 is 5.60. The lowest BCUT2D eigenvalue weighted by Gasteiger charge is -2.24. The number of alkyl carbamates (subject to hydrolysis) is 1. The minimum absolute atomic E-state index is 0.0729. The monoisotopic (exact) mass is 462 g/mol. The second kappa shape index (κ2) is 10.1. The van der Waals surface area contributed by atoms with Crippen molar-refractivity contribution in [3.63, 3.8) is 0 Å². The van der Waals surface area contributed by atoms with Gasteiger partial charge in [0.2, 0.25) is 5.91 Å². The molecule has 0 spiro atoms. The molecule has 4 rings (SSSR count). The van der Waals surface area contributed by atoms with E-state index in [-0.39, 0.29) is 30.9 Å². The Balaban J connectivity index is 1.42. The van der Waals surface area contributed by atoms with Crippen LogP contribution in [0.4, 0.5) is 4.79 Å². The molecule has 1 aliphatic heterocycles. The molecular weight excluding hydrogens is 432 g/mol. The van der Waals surface area contributed by atoms with Crippen LogP contribution in [-0.4, -0.2) is 53.7 Å². The van der Waals surface area contributed by atoms with E-state index in [0.717, 1.165) is 22.3 Å². The van der Waals surface area contributed by atoms with E-state index in [2.05, 4.69) is 24.0 Å². The minimum Gasteiger partial charge on any atom is -0.481 e. The van der Waals surface area contributed by atoms with Gasteiger partial charge in [0.05, 0.1) is 5.92 Å². The summed E-state index contributed by atoms with van der Waals surface area (Å²) in [4.78, 5) is 38.8. The van der Waals surface area contributed by atoms with Crippen LogP contribution in [0, 0.1) is 11.8 Å². The second-order valence-corrected chi connectivity index (χ2v) is 9.05. The Kier molecular flexibility index (Phi) is 7.01. The Labute approximate surface area is 199 Å². The van der Waals surface area contributed by atoms with E-state index in [1.54, 1.807) is 6.08 Å². The molecule has 7 heteroatoms. The number of rotatable bonds is 8. The van der Waals surface area contributed by atoms with Crippen LogP contribution in [0.1, 0.15) is 36.8 Å². The van der Waals surface area contributed by atoms with E-state index < -0.39 is 24.0 Å². The van der Waals surface area contributed by atoms with Gasteiger partial charge in [0.15, 0.2) is 0 Å². The van der Waals surface area contributed by atoms with Gasteiger partial charge in [0, 0.05) is 19.0 Å². The van der Waals surface area contributed by atoms with E-state index in [1.165, 1.54) is 4.90 Å². The predicted molar refractivity (Wildman–Crippen MR) is 128 cm³/mol. The van der Waals surface area contributed by atoms with Crippen LogP contribution in [0.15, 0.2) is 61.2 Å². The third kappa shape index (κ3) is 4.69. The molecule has 0 bridgehead atoms. The Hall–Kier alpha value is -3.61. The highest BCUT2D eigenvalue weighted by molar-refractivity contribution is 5.87. The number of ether oxygens (including phenoxy) is 1. The number of carboxylic acid groups (broad SMARTS) is 1. The maximum Gasteiger partial charge on any atom is 0.407 e. The average Bonchev–Trinajstić information content (AvgIpc) is 3.38. The zero-order chi connectivity index (χ0) is 24.2.